The maximum Gasteiger partial charge on any atom is 0.320 e. The first kappa shape index (κ1) is 21.4. The summed E-state index contributed by atoms with van der Waals surface area (Å²) in [6.45, 7) is 7.54. The lowest BCUT2D eigenvalue weighted by Gasteiger charge is -2.32. The predicted octanol–water partition coefficient (Wildman–Crippen LogP) is 4.90. The Labute approximate surface area is 189 Å². The third-order valence-electron chi connectivity index (χ3n) is 5.51. The average molecular weight is 466 g/mol. The monoisotopic (exact) mass is 465 g/mol. The zero-order chi connectivity index (χ0) is 21.5. The number of rotatable bonds is 4. The molecule has 2 aliphatic rings. The molecule has 1 unspecified atom stereocenters. The number of halogens is 2. The van der Waals surface area contributed by atoms with Gasteiger partial charge in [-0.3, -0.25) is 4.79 Å². The molecule has 0 N–H and O–H groups in total. The molecule has 0 saturated carbocycles. The first-order valence-electron chi connectivity index (χ1n) is 9.68. The molecule has 0 radical (unpaired) electrons. The van der Waals surface area contributed by atoms with Gasteiger partial charge in [-0.2, -0.15) is 4.98 Å². The molecule has 0 aliphatic carbocycles. The molecule has 1 aromatic carbocycles. The third kappa shape index (κ3) is 3.90. The number of piperazine rings is 1. The normalized spacial score (nSPS) is 21.9. The van der Waals surface area contributed by atoms with Crippen molar-refractivity contribution in [2.45, 2.75) is 20.4 Å². The summed E-state index contributed by atoms with van der Waals surface area (Å²) in [5.41, 5.74) is 2.60. The molecule has 0 spiro atoms. The van der Waals surface area contributed by atoms with E-state index in [0.29, 0.717) is 26.6 Å². The van der Waals surface area contributed by atoms with Gasteiger partial charge in [-0.05, 0) is 37.4 Å². The summed E-state index contributed by atoms with van der Waals surface area (Å²) in [6.07, 6.45) is 1.73. The van der Waals surface area contributed by atoms with Gasteiger partial charge in [-0.25, -0.2) is 0 Å². The SMILES string of the molecule is CC1=CN=N[N+]1(Cc1ccc(Cl)c(Cl)c1)c1nc(C)c(C(=O)N2CCN(C)CC2)s1. The minimum atomic E-state index is 0.0369. The van der Waals surface area contributed by atoms with E-state index in [9.17, 15) is 4.79 Å². The summed E-state index contributed by atoms with van der Waals surface area (Å²) < 4.78 is 0.0967. The Morgan fingerprint density at radius 3 is 2.53 bits per heavy atom. The number of thiazole rings is 1. The van der Waals surface area contributed by atoms with E-state index in [-0.39, 0.29) is 10.5 Å². The van der Waals surface area contributed by atoms with Crippen LogP contribution in [0.25, 0.3) is 0 Å². The summed E-state index contributed by atoms with van der Waals surface area (Å²) in [6, 6.07) is 5.53. The number of carbonyl (C=O) groups excluding carboxylic acids is 1. The Kier molecular flexibility index (Phi) is 5.96. The molecular weight excluding hydrogens is 443 g/mol. The summed E-state index contributed by atoms with van der Waals surface area (Å²) in [4.78, 5) is 22.7. The molecule has 2 aliphatic heterocycles. The predicted molar refractivity (Wildman–Crippen MR) is 121 cm³/mol. The van der Waals surface area contributed by atoms with Crippen molar-refractivity contribution < 1.29 is 4.79 Å². The highest BCUT2D eigenvalue weighted by molar-refractivity contribution is 7.17. The smallest absolute Gasteiger partial charge is 0.320 e. The Balaban J connectivity index is 1.67. The molecule has 3 heterocycles. The lowest BCUT2D eigenvalue weighted by Crippen LogP contribution is -2.47. The second kappa shape index (κ2) is 8.36. The van der Waals surface area contributed by atoms with Crippen LogP contribution in [-0.2, 0) is 6.54 Å². The van der Waals surface area contributed by atoms with E-state index in [1.807, 2.05) is 30.9 Å². The van der Waals surface area contributed by atoms with E-state index in [0.717, 1.165) is 43.1 Å². The fourth-order valence-electron chi connectivity index (χ4n) is 3.57. The van der Waals surface area contributed by atoms with Gasteiger partial charge >= 0.3 is 5.13 Å². The van der Waals surface area contributed by atoms with Gasteiger partial charge in [0.1, 0.15) is 17.6 Å². The van der Waals surface area contributed by atoms with Crippen molar-refractivity contribution in [2.24, 2.45) is 10.3 Å². The zero-order valence-electron chi connectivity index (χ0n) is 17.1. The van der Waals surface area contributed by atoms with Crippen molar-refractivity contribution in [3.8, 4) is 0 Å². The minimum absolute atomic E-state index is 0.0369. The van der Waals surface area contributed by atoms with Crippen molar-refractivity contribution >= 4 is 45.6 Å². The standard InChI is InChI=1S/C20H23Cl2N6OS/c1-13-11-23-25-28(13,12-15-4-5-16(21)17(22)10-15)20-24-14(2)18(30-20)19(29)27-8-6-26(3)7-9-27/h4-5,10-11H,6-9,12H2,1-3H3/q+1. The number of quaternary nitrogens is 1. The summed E-state index contributed by atoms with van der Waals surface area (Å²) in [7, 11) is 2.07. The topological polar surface area (TPSA) is 61.2 Å². The molecule has 4 rings (SSSR count). The highest BCUT2D eigenvalue weighted by Crippen LogP contribution is 2.40. The molecule has 0 bridgehead atoms. The van der Waals surface area contributed by atoms with Gasteiger partial charge in [0.2, 0.25) is 0 Å². The molecule has 1 fully saturated rings. The van der Waals surface area contributed by atoms with Crippen LogP contribution in [0.1, 0.15) is 27.9 Å². The largest absolute Gasteiger partial charge is 0.335 e. The van der Waals surface area contributed by atoms with E-state index in [2.05, 4.69) is 22.3 Å². The summed E-state index contributed by atoms with van der Waals surface area (Å²) >= 11 is 13.7. The van der Waals surface area contributed by atoms with Crippen molar-refractivity contribution in [1.29, 1.82) is 0 Å². The first-order chi connectivity index (χ1) is 14.3. The van der Waals surface area contributed by atoms with Crippen LogP contribution in [0.4, 0.5) is 5.13 Å². The van der Waals surface area contributed by atoms with Crippen LogP contribution < -0.4 is 4.59 Å². The molecule has 2 aromatic rings. The Bertz CT molecular complexity index is 1040. The molecular formula is C20H23Cl2N6OS+. The second-order valence-electron chi connectivity index (χ2n) is 7.66. The number of benzene rings is 1. The van der Waals surface area contributed by atoms with Gasteiger partial charge in [-0.1, -0.05) is 33.9 Å². The molecule has 30 heavy (non-hydrogen) atoms. The molecule has 1 saturated heterocycles. The molecule has 7 nitrogen and oxygen atoms in total. The highest BCUT2D eigenvalue weighted by Gasteiger charge is 2.43. The third-order valence-corrected chi connectivity index (χ3v) is 7.50. The van der Waals surface area contributed by atoms with E-state index in [1.54, 1.807) is 12.3 Å². The van der Waals surface area contributed by atoms with Crippen LogP contribution in [0.5, 0.6) is 0 Å². The van der Waals surface area contributed by atoms with Crippen molar-refractivity contribution in [3.63, 3.8) is 0 Å². The number of amides is 1. The summed E-state index contributed by atoms with van der Waals surface area (Å²) in [5.74, 6) is 0.0369. The van der Waals surface area contributed by atoms with E-state index in [4.69, 9.17) is 28.2 Å². The van der Waals surface area contributed by atoms with Crippen LogP contribution in [0.3, 0.4) is 0 Å². The molecule has 1 aromatic heterocycles. The number of allylic oxidation sites excluding steroid dienone is 1. The van der Waals surface area contributed by atoms with Gasteiger partial charge in [0.25, 0.3) is 5.91 Å². The van der Waals surface area contributed by atoms with Crippen LogP contribution in [-0.4, -0.2) is 53.9 Å². The van der Waals surface area contributed by atoms with Crippen LogP contribution in [0.2, 0.25) is 10.0 Å². The highest BCUT2D eigenvalue weighted by atomic mass is 35.5. The van der Waals surface area contributed by atoms with Gasteiger partial charge in [-0.15, -0.1) is 5.11 Å². The zero-order valence-corrected chi connectivity index (χ0v) is 19.4. The number of aromatic nitrogens is 1. The van der Waals surface area contributed by atoms with E-state index < -0.39 is 0 Å². The fourth-order valence-corrected chi connectivity index (χ4v) is 5.06. The van der Waals surface area contributed by atoms with Gasteiger partial charge in [0.05, 0.1) is 15.7 Å². The lowest BCUT2D eigenvalue weighted by atomic mass is 10.2. The number of aryl methyl sites for hydroxylation is 1. The summed E-state index contributed by atoms with van der Waals surface area (Å²) in [5, 5.41) is 10.4. The average Bonchev–Trinajstić information content (AvgIpc) is 3.28. The maximum absolute atomic E-state index is 13.2. The first-order valence-corrected chi connectivity index (χ1v) is 11.2. The number of nitrogens with zero attached hydrogens (tertiary/aromatic N) is 6. The van der Waals surface area contributed by atoms with E-state index in [1.165, 1.54) is 11.3 Å². The Morgan fingerprint density at radius 1 is 1.17 bits per heavy atom. The minimum Gasteiger partial charge on any atom is -0.335 e. The van der Waals surface area contributed by atoms with Crippen LogP contribution in [0, 0.1) is 6.92 Å². The number of hydrogen-bond acceptors (Lipinski definition) is 6. The van der Waals surface area contributed by atoms with Gasteiger partial charge < -0.3 is 9.80 Å². The molecule has 10 heteroatoms. The quantitative estimate of drug-likeness (QED) is 0.603. The Hall–Kier alpha value is -1.84. The van der Waals surface area contributed by atoms with Crippen LogP contribution >= 0.6 is 34.5 Å². The van der Waals surface area contributed by atoms with Gasteiger partial charge in [0, 0.05) is 43.9 Å². The Morgan fingerprint density at radius 2 is 1.90 bits per heavy atom. The van der Waals surface area contributed by atoms with Crippen LogP contribution in [0.15, 0.2) is 40.4 Å². The number of likely N-dealkylation sites (N-methyl/N-ethyl adjacent to an activating group) is 1. The molecule has 158 valence electrons. The van der Waals surface area contributed by atoms with E-state index >= 15 is 0 Å². The van der Waals surface area contributed by atoms with Crippen molar-refractivity contribution in [1.82, 2.24) is 19.4 Å². The number of hydrogen-bond donors (Lipinski definition) is 0. The maximum atomic E-state index is 13.2. The molecule has 1 atom stereocenters. The lowest BCUT2D eigenvalue weighted by molar-refractivity contribution is 0.0668. The number of carbonyl (C=O) groups is 1. The van der Waals surface area contributed by atoms with Crippen molar-refractivity contribution in [3.05, 3.63) is 56.3 Å². The fraction of sp³-hybridized carbons (Fsp3) is 0.400. The second-order valence-corrected chi connectivity index (χ2v) is 9.45. The molecule has 1 amide bonds. The van der Waals surface area contributed by atoms with Crippen molar-refractivity contribution in [2.75, 3.05) is 33.2 Å². The van der Waals surface area contributed by atoms with Gasteiger partial charge in [0.15, 0.2) is 5.70 Å².